The van der Waals surface area contributed by atoms with Gasteiger partial charge in [0.2, 0.25) is 5.91 Å². The molecule has 6 nitrogen and oxygen atoms in total. The van der Waals surface area contributed by atoms with Crippen LogP contribution >= 0.6 is 11.6 Å². The third kappa shape index (κ3) is 4.86. The summed E-state index contributed by atoms with van der Waals surface area (Å²) < 4.78 is 5.47. The molecule has 1 aromatic rings. The summed E-state index contributed by atoms with van der Waals surface area (Å²) in [7, 11) is 0. The van der Waals surface area contributed by atoms with Crippen LogP contribution in [0.5, 0.6) is 0 Å². The molecule has 7 heteroatoms. The van der Waals surface area contributed by atoms with E-state index in [0.717, 1.165) is 25.2 Å². The van der Waals surface area contributed by atoms with Crippen LogP contribution in [0.3, 0.4) is 0 Å². The molecule has 2 saturated heterocycles. The van der Waals surface area contributed by atoms with Crippen molar-refractivity contribution < 1.29 is 14.3 Å². The number of halogens is 1. The number of benzene rings is 1. The molecule has 0 N–H and O–H groups in total. The first-order valence-electron chi connectivity index (χ1n) is 9.53. The molecule has 148 valence electrons. The molecular weight excluding hydrogens is 366 g/mol. The van der Waals surface area contributed by atoms with Crippen LogP contribution < -0.4 is 4.90 Å². The molecule has 0 bridgehead atoms. The van der Waals surface area contributed by atoms with E-state index in [9.17, 15) is 9.59 Å². The summed E-state index contributed by atoms with van der Waals surface area (Å²) in [6, 6.07) is 7.37. The van der Waals surface area contributed by atoms with Crippen LogP contribution in [0.15, 0.2) is 24.3 Å². The van der Waals surface area contributed by atoms with E-state index in [4.69, 9.17) is 16.3 Å². The zero-order valence-electron chi connectivity index (χ0n) is 16.3. The molecular formula is C20H28ClN3O3. The maximum atomic E-state index is 13.0. The topological polar surface area (TPSA) is 53.1 Å². The number of nitrogens with zero attached hydrogens (tertiary/aromatic N) is 3. The molecule has 3 rings (SSSR count). The number of amides is 2. The maximum Gasteiger partial charge on any atom is 0.410 e. The Morgan fingerprint density at radius 1 is 1.11 bits per heavy atom. The van der Waals surface area contributed by atoms with Crippen molar-refractivity contribution in [3.05, 3.63) is 29.3 Å². The van der Waals surface area contributed by atoms with E-state index in [1.807, 2.05) is 49.9 Å². The van der Waals surface area contributed by atoms with Crippen LogP contribution in [-0.4, -0.2) is 66.2 Å². The van der Waals surface area contributed by atoms with E-state index in [1.165, 1.54) is 0 Å². The largest absolute Gasteiger partial charge is 0.444 e. The Hall–Kier alpha value is -1.95. The summed E-state index contributed by atoms with van der Waals surface area (Å²) in [4.78, 5) is 31.2. The lowest BCUT2D eigenvalue weighted by Crippen LogP contribution is -2.54. The summed E-state index contributed by atoms with van der Waals surface area (Å²) in [5.74, 6) is 0.0316. The lowest BCUT2D eigenvalue weighted by atomic mass is 10.1. The molecule has 2 fully saturated rings. The van der Waals surface area contributed by atoms with Crippen LogP contribution in [0, 0.1) is 0 Å². The van der Waals surface area contributed by atoms with Crippen molar-refractivity contribution in [3.63, 3.8) is 0 Å². The lowest BCUT2D eigenvalue weighted by Gasteiger charge is -2.38. The summed E-state index contributed by atoms with van der Waals surface area (Å²) in [5, 5.41) is 0.713. The average Bonchev–Trinajstić information content (AvgIpc) is 3.10. The smallest absolute Gasteiger partial charge is 0.410 e. The summed E-state index contributed by atoms with van der Waals surface area (Å²) in [6.07, 6.45) is 1.14. The van der Waals surface area contributed by atoms with Gasteiger partial charge in [-0.25, -0.2) is 4.79 Å². The Morgan fingerprint density at radius 3 is 2.44 bits per heavy atom. The SMILES string of the molecule is CC(C)(C)OC(=O)N1CCC[C@H]1C(=O)N1CCN(c2cccc(Cl)c2)CC1. The van der Waals surface area contributed by atoms with Gasteiger partial charge in [-0.1, -0.05) is 17.7 Å². The van der Waals surface area contributed by atoms with Crippen LogP contribution in [-0.2, 0) is 9.53 Å². The van der Waals surface area contributed by atoms with Crippen LogP contribution in [0.1, 0.15) is 33.6 Å². The van der Waals surface area contributed by atoms with E-state index in [-0.39, 0.29) is 5.91 Å². The van der Waals surface area contributed by atoms with E-state index < -0.39 is 17.7 Å². The molecule has 2 aliphatic rings. The van der Waals surface area contributed by atoms with Gasteiger partial charge >= 0.3 is 6.09 Å². The fourth-order valence-corrected chi connectivity index (χ4v) is 3.82. The van der Waals surface area contributed by atoms with Gasteiger partial charge < -0.3 is 14.5 Å². The molecule has 0 unspecified atom stereocenters. The van der Waals surface area contributed by atoms with Gasteiger partial charge in [0.25, 0.3) is 0 Å². The molecule has 1 aromatic carbocycles. The standard InChI is InChI=1S/C20H28ClN3O3/c1-20(2,3)27-19(26)24-9-5-8-17(24)18(25)23-12-10-22(11-13-23)16-7-4-6-15(21)14-16/h4,6-7,14,17H,5,8-13H2,1-3H3/t17-/m0/s1. The Bertz CT molecular complexity index is 696. The normalized spacial score (nSPS) is 20.7. The monoisotopic (exact) mass is 393 g/mol. The number of hydrogen-bond acceptors (Lipinski definition) is 4. The third-order valence-electron chi connectivity index (χ3n) is 4.93. The first kappa shape index (κ1) is 19.8. The minimum absolute atomic E-state index is 0.0316. The quantitative estimate of drug-likeness (QED) is 0.772. The van der Waals surface area contributed by atoms with Gasteiger partial charge in [0, 0.05) is 43.4 Å². The van der Waals surface area contributed by atoms with Crippen LogP contribution in [0.25, 0.3) is 0 Å². The number of carbonyl (C=O) groups is 2. The van der Waals surface area contributed by atoms with Crippen molar-refractivity contribution in [3.8, 4) is 0 Å². The van der Waals surface area contributed by atoms with Crippen LogP contribution in [0.2, 0.25) is 5.02 Å². The Labute approximate surface area is 166 Å². The molecule has 2 amide bonds. The van der Waals surface area contributed by atoms with Crippen molar-refractivity contribution >= 4 is 29.3 Å². The maximum absolute atomic E-state index is 13.0. The number of hydrogen-bond donors (Lipinski definition) is 0. The second kappa shape index (κ2) is 7.97. The Morgan fingerprint density at radius 2 is 1.81 bits per heavy atom. The fraction of sp³-hybridized carbons (Fsp3) is 0.600. The van der Waals surface area contributed by atoms with Crippen molar-refractivity contribution in [2.24, 2.45) is 0 Å². The predicted octanol–water partition coefficient (Wildman–Crippen LogP) is 3.39. The van der Waals surface area contributed by atoms with Crippen molar-refractivity contribution in [2.45, 2.75) is 45.3 Å². The predicted molar refractivity (Wildman–Crippen MR) is 106 cm³/mol. The molecule has 0 radical (unpaired) electrons. The highest BCUT2D eigenvalue weighted by molar-refractivity contribution is 6.30. The van der Waals surface area contributed by atoms with Gasteiger partial charge in [0.1, 0.15) is 11.6 Å². The summed E-state index contributed by atoms with van der Waals surface area (Å²) in [6.45, 7) is 8.89. The summed E-state index contributed by atoms with van der Waals surface area (Å²) in [5.41, 5.74) is 0.515. The number of carbonyl (C=O) groups excluding carboxylic acids is 2. The van der Waals surface area contributed by atoms with E-state index >= 15 is 0 Å². The highest BCUT2D eigenvalue weighted by Crippen LogP contribution is 2.24. The number of ether oxygens (including phenoxy) is 1. The van der Waals surface area contributed by atoms with Gasteiger partial charge in [0.15, 0.2) is 0 Å². The van der Waals surface area contributed by atoms with Gasteiger partial charge in [-0.15, -0.1) is 0 Å². The highest BCUT2D eigenvalue weighted by atomic mass is 35.5. The van der Waals surface area contributed by atoms with Gasteiger partial charge in [0.05, 0.1) is 0 Å². The van der Waals surface area contributed by atoms with Crippen molar-refractivity contribution in [1.82, 2.24) is 9.80 Å². The zero-order valence-corrected chi connectivity index (χ0v) is 17.0. The number of rotatable bonds is 2. The highest BCUT2D eigenvalue weighted by Gasteiger charge is 2.39. The minimum atomic E-state index is -0.560. The second-order valence-corrected chi connectivity index (χ2v) is 8.56. The van der Waals surface area contributed by atoms with Gasteiger partial charge in [-0.3, -0.25) is 9.69 Å². The number of likely N-dealkylation sites (tertiary alicyclic amines) is 1. The molecule has 2 aliphatic heterocycles. The number of anilines is 1. The second-order valence-electron chi connectivity index (χ2n) is 8.12. The van der Waals surface area contributed by atoms with Gasteiger partial charge in [-0.05, 0) is 51.8 Å². The van der Waals surface area contributed by atoms with E-state index in [1.54, 1.807) is 4.90 Å². The van der Waals surface area contributed by atoms with Gasteiger partial charge in [-0.2, -0.15) is 0 Å². The fourth-order valence-electron chi connectivity index (χ4n) is 3.63. The molecule has 0 aliphatic carbocycles. The molecule has 0 spiro atoms. The lowest BCUT2D eigenvalue weighted by molar-refractivity contribution is -0.136. The molecule has 0 aromatic heterocycles. The number of piperazine rings is 1. The average molecular weight is 394 g/mol. The van der Waals surface area contributed by atoms with Crippen molar-refractivity contribution in [1.29, 1.82) is 0 Å². The molecule has 0 saturated carbocycles. The first-order valence-corrected chi connectivity index (χ1v) is 9.91. The Balaban J connectivity index is 1.59. The molecule has 1 atom stereocenters. The first-order chi connectivity index (χ1) is 12.7. The summed E-state index contributed by atoms with van der Waals surface area (Å²) >= 11 is 6.08. The van der Waals surface area contributed by atoms with Crippen LogP contribution in [0.4, 0.5) is 10.5 Å². The minimum Gasteiger partial charge on any atom is -0.444 e. The van der Waals surface area contributed by atoms with E-state index in [0.29, 0.717) is 31.1 Å². The molecule has 27 heavy (non-hydrogen) atoms. The third-order valence-corrected chi connectivity index (χ3v) is 5.17. The van der Waals surface area contributed by atoms with E-state index in [2.05, 4.69) is 4.90 Å². The van der Waals surface area contributed by atoms with Crippen molar-refractivity contribution in [2.75, 3.05) is 37.6 Å². The Kier molecular flexibility index (Phi) is 5.84. The zero-order chi connectivity index (χ0) is 19.6. The molecule has 2 heterocycles.